The number of likely N-dealkylation sites (tertiary alicyclic amines) is 1. The molecular formula is C14H19NO. The zero-order valence-corrected chi connectivity index (χ0v) is 9.93. The van der Waals surface area contributed by atoms with Gasteiger partial charge in [-0.1, -0.05) is 44.2 Å². The van der Waals surface area contributed by atoms with Crippen molar-refractivity contribution in [2.75, 3.05) is 6.54 Å². The number of nitrogens with zero attached hydrogens (tertiary/aromatic N) is 1. The average Bonchev–Trinajstić information content (AvgIpc) is 2.62. The van der Waals surface area contributed by atoms with Crippen molar-refractivity contribution in [1.82, 2.24) is 4.90 Å². The average molecular weight is 217 g/mol. The highest BCUT2D eigenvalue weighted by Gasteiger charge is 2.66. The standard InChI is InChI=1S/C14H19NO/c1-14(2)11-9-15(13(16)12(11)14)8-10-6-4-3-5-7-10/h3-7,11-13,16H,8-9H2,1-2H3/t11-,12-,13?/m0/s1. The van der Waals surface area contributed by atoms with Crippen molar-refractivity contribution >= 4 is 0 Å². The van der Waals surface area contributed by atoms with E-state index in [2.05, 4.69) is 43.0 Å². The quantitative estimate of drug-likeness (QED) is 0.820. The summed E-state index contributed by atoms with van der Waals surface area (Å²) in [6.07, 6.45) is -0.236. The summed E-state index contributed by atoms with van der Waals surface area (Å²) in [5, 5.41) is 10.2. The fraction of sp³-hybridized carbons (Fsp3) is 0.571. The van der Waals surface area contributed by atoms with Gasteiger partial charge in [-0.25, -0.2) is 0 Å². The molecule has 3 atom stereocenters. The van der Waals surface area contributed by atoms with Crippen molar-refractivity contribution in [1.29, 1.82) is 0 Å². The van der Waals surface area contributed by atoms with Crippen LogP contribution in [-0.2, 0) is 6.54 Å². The molecule has 1 aromatic rings. The van der Waals surface area contributed by atoms with E-state index >= 15 is 0 Å². The number of benzene rings is 1. The van der Waals surface area contributed by atoms with Crippen LogP contribution < -0.4 is 0 Å². The Morgan fingerprint density at radius 2 is 2.00 bits per heavy atom. The predicted molar refractivity (Wildman–Crippen MR) is 63.6 cm³/mol. The second-order valence-corrected chi connectivity index (χ2v) is 5.78. The molecule has 3 rings (SSSR count). The van der Waals surface area contributed by atoms with E-state index in [-0.39, 0.29) is 6.23 Å². The van der Waals surface area contributed by atoms with Gasteiger partial charge in [0, 0.05) is 19.0 Å². The van der Waals surface area contributed by atoms with E-state index in [1.807, 2.05) is 6.07 Å². The van der Waals surface area contributed by atoms with Crippen LogP contribution in [0.15, 0.2) is 30.3 Å². The van der Waals surface area contributed by atoms with Crippen LogP contribution >= 0.6 is 0 Å². The van der Waals surface area contributed by atoms with Crippen LogP contribution in [0.3, 0.4) is 0 Å². The maximum Gasteiger partial charge on any atom is 0.111 e. The lowest BCUT2D eigenvalue weighted by atomic mass is 10.1. The van der Waals surface area contributed by atoms with E-state index in [4.69, 9.17) is 0 Å². The van der Waals surface area contributed by atoms with Gasteiger partial charge in [0.15, 0.2) is 0 Å². The van der Waals surface area contributed by atoms with Crippen molar-refractivity contribution in [3.05, 3.63) is 35.9 Å². The molecule has 1 heterocycles. The SMILES string of the molecule is CC1(C)[C@@H]2C(O)N(Cc3ccccc3)C[C@@H]21. The molecule has 1 N–H and O–H groups in total. The lowest BCUT2D eigenvalue weighted by molar-refractivity contribution is -0.00700. The Balaban J connectivity index is 1.68. The molecule has 0 amide bonds. The number of aliphatic hydroxyl groups is 1. The largest absolute Gasteiger partial charge is 0.378 e. The Hall–Kier alpha value is -0.860. The maximum atomic E-state index is 10.2. The molecule has 16 heavy (non-hydrogen) atoms. The van der Waals surface area contributed by atoms with Gasteiger partial charge in [-0.05, 0) is 16.9 Å². The number of hydrogen-bond donors (Lipinski definition) is 1. The first-order valence-corrected chi connectivity index (χ1v) is 6.07. The third-order valence-corrected chi connectivity index (χ3v) is 4.49. The third kappa shape index (κ3) is 1.40. The molecule has 1 saturated carbocycles. The van der Waals surface area contributed by atoms with E-state index in [0.717, 1.165) is 13.1 Å². The summed E-state index contributed by atoms with van der Waals surface area (Å²) in [4.78, 5) is 2.20. The molecule has 1 saturated heterocycles. The number of hydrogen-bond acceptors (Lipinski definition) is 2. The summed E-state index contributed by atoms with van der Waals surface area (Å²) in [7, 11) is 0. The van der Waals surface area contributed by atoms with Gasteiger partial charge in [0.05, 0.1) is 0 Å². The molecule has 2 aliphatic rings. The van der Waals surface area contributed by atoms with E-state index in [9.17, 15) is 5.11 Å². The molecule has 1 unspecified atom stereocenters. The van der Waals surface area contributed by atoms with Crippen molar-refractivity contribution in [3.8, 4) is 0 Å². The molecule has 0 bridgehead atoms. The van der Waals surface area contributed by atoms with Gasteiger partial charge in [-0.15, -0.1) is 0 Å². The van der Waals surface area contributed by atoms with Gasteiger partial charge in [0.2, 0.25) is 0 Å². The monoisotopic (exact) mass is 217 g/mol. The molecule has 2 fully saturated rings. The van der Waals surface area contributed by atoms with E-state index in [1.165, 1.54) is 5.56 Å². The second kappa shape index (κ2) is 3.31. The van der Waals surface area contributed by atoms with E-state index in [0.29, 0.717) is 17.3 Å². The van der Waals surface area contributed by atoms with Crippen molar-refractivity contribution in [3.63, 3.8) is 0 Å². The van der Waals surface area contributed by atoms with Gasteiger partial charge in [0.1, 0.15) is 6.23 Å². The Kier molecular flexibility index (Phi) is 2.13. The highest BCUT2D eigenvalue weighted by atomic mass is 16.3. The first-order valence-electron chi connectivity index (χ1n) is 6.07. The molecular weight excluding hydrogens is 198 g/mol. The smallest absolute Gasteiger partial charge is 0.111 e. The molecule has 1 aliphatic carbocycles. The molecule has 1 aromatic carbocycles. The molecule has 1 aliphatic heterocycles. The molecule has 0 spiro atoms. The fourth-order valence-electron chi connectivity index (χ4n) is 3.29. The minimum Gasteiger partial charge on any atom is -0.378 e. The molecule has 2 nitrogen and oxygen atoms in total. The number of fused-ring (bicyclic) bond motifs is 1. The van der Waals surface area contributed by atoms with Crippen molar-refractivity contribution in [2.45, 2.75) is 26.6 Å². The highest BCUT2D eigenvalue weighted by Crippen LogP contribution is 2.64. The Bertz CT molecular complexity index is 387. The number of aliphatic hydroxyl groups excluding tert-OH is 1. The van der Waals surface area contributed by atoms with Crippen LogP contribution in [0.1, 0.15) is 19.4 Å². The summed E-state index contributed by atoms with van der Waals surface area (Å²) in [5.74, 6) is 1.20. The molecule has 86 valence electrons. The number of rotatable bonds is 2. The summed E-state index contributed by atoms with van der Waals surface area (Å²) >= 11 is 0. The van der Waals surface area contributed by atoms with Crippen molar-refractivity contribution in [2.24, 2.45) is 17.3 Å². The van der Waals surface area contributed by atoms with Crippen LogP contribution in [0.25, 0.3) is 0 Å². The van der Waals surface area contributed by atoms with Gasteiger partial charge in [0.25, 0.3) is 0 Å². The van der Waals surface area contributed by atoms with E-state index in [1.54, 1.807) is 0 Å². The summed E-state index contributed by atoms with van der Waals surface area (Å²) in [6, 6.07) is 10.4. The number of piperidine rings is 1. The predicted octanol–water partition coefficient (Wildman–Crippen LogP) is 2.09. The van der Waals surface area contributed by atoms with Gasteiger partial charge >= 0.3 is 0 Å². The molecule has 0 radical (unpaired) electrons. The Morgan fingerprint density at radius 1 is 1.31 bits per heavy atom. The van der Waals surface area contributed by atoms with Crippen LogP contribution in [0.2, 0.25) is 0 Å². The Morgan fingerprint density at radius 3 is 2.56 bits per heavy atom. The van der Waals surface area contributed by atoms with Crippen LogP contribution in [0, 0.1) is 17.3 Å². The minimum atomic E-state index is -0.236. The zero-order valence-electron chi connectivity index (χ0n) is 9.93. The third-order valence-electron chi connectivity index (χ3n) is 4.49. The van der Waals surface area contributed by atoms with Gasteiger partial charge < -0.3 is 5.11 Å². The van der Waals surface area contributed by atoms with Gasteiger partial charge in [-0.3, -0.25) is 4.90 Å². The fourth-order valence-corrected chi connectivity index (χ4v) is 3.29. The van der Waals surface area contributed by atoms with Gasteiger partial charge in [-0.2, -0.15) is 0 Å². The normalized spacial score (nSPS) is 36.1. The lowest BCUT2D eigenvalue weighted by Gasteiger charge is -2.26. The first kappa shape index (κ1) is 10.3. The molecule has 2 heteroatoms. The van der Waals surface area contributed by atoms with Crippen LogP contribution in [0.4, 0.5) is 0 Å². The highest BCUT2D eigenvalue weighted by molar-refractivity contribution is 5.18. The summed E-state index contributed by atoms with van der Waals surface area (Å²) in [6.45, 7) is 6.47. The zero-order chi connectivity index (χ0) is 11.3. The topological polar surface area (TPSA) is 23.5 Å². The first-order chi connectivity index (χ1) is 7.60. The maximum absolute atomic E-state index is 10.2. The summed E-state index contributed by atoms with van der Waals surface area (Å²) < 4.78 is 0. The summed E-state index contributed by atoms with van der Waals surface area (Å²) in [5.41, 5.74) is 1.66. The minimum absolute atomic E-state index is 0.236. The van der Waals surface area contributed by atoms with E-state index < -0.39 is 0 Å². The second-order valence-electron chi connectivity index (χ2n) is 5.78. The van der Waals surface area contributed by atoms with Crippen LogP contribution in [0.5, 0.6) is 0 Å². The lowest BCUT2D eigenvalue weighted by Crippen LogP contribution is -2.35. The Labute approximate surface area is 96.9 Å². The molecule has 0 aromatic heterocycles. The van der Waals surface area contributed by atoms with Crippen LogP contribution in [-0.4, -0.2) is 22.8 Å². The van der Waals surface area contributed by atoms with Crippen molar-refractivity contribution < 1.29 is 5.11 Å².